The zero-order valence-corrected chi connectivity index (χ0v) is 17.0. The molecule has 8 heteroatoms. The minimum atomic E-state index is -0.601. The van der Waals surface area contributed by atoms with Gasteiger partial charge in [0.1, 0.15) is 11.5 Å². The molecule has 4 heterocycles. The SMILES string of the molecule is Cc1ccc(Cn2nc3n(c(=O)c2=O)C[C@H]2CN(C(=O)c4cccn4C)C[C@H]32)cc1. The van der Waals surface area contributed by atoms with Crippen molar-refractivity contribution in [2.45, 2.75) is 25.9 Å². The van der Waals surface area contributed by atoms with Crippen LogP contribution in [0, 0.1) is 12.8 Å². The van der Waals surface area contributed by atoms with Gasteiger partial charge < -0.3 is 9.47 Å². The highest BCUT2D eigenvalue weighted by atomic mass is 16.2. The van der Waals surface area contributed by atoms with Crippen molar-refractivity contribution in [2.24, 2.45) is 13.0 Å². The maximum Gasteiger partial charge on any atom is 0.332 e. The van der Waals surface area contributed by atoms with Crippen LogP contribution >= 0.6 is 0 Å². The fourth-order valence-electron chi connectivity index (χ4n) is 4.57. The lowest BCUT2D eigenvalue weighted by atomic mass is 10.00. The third-order valence-corrected chi connectivity index (χ3v) is 6.26. The van der Waals surface area contributed by atoms with Crippen molar-refractivity contribution < 1.29 is 4.79 Å². The molecule has 1 saturated heterocycles. The maximum absolute atomic E-state index is 12.9. The summed E-state index contributed by atoms with van der Waals surface area (Å²) in [4.78, 5) is 40.0. The van der Waals surface area contributed by atoms with E-state index in [-0.39, 0.29) is 24.3 Å². The molecule has 1 fully saturated rings. The summed E-state index contributed by atoms with van der Waals surface area (Å²) >= 11 is 0. The average Bonchev–Trinajstić information content (AvgIpc) is 3.42. The molecule has 0 spiro atoms. The number of carbonyl (C=O) groups is 1. The summed E-state index contributed by atoms with van der Waals surface area (Å²) in [6.45, 7) is 3.75. The highest BCUT2D eigenvalue weighted by Crippen LogP contribution is 2.37. The summed E-state index contributed by atoms with van der Waals surface area (Å²) in [5, 5.41) is 4.57. The second-order valence-electron chi connectivity index (χ2n) is 8.30. The number of aryl methyl sites for hydroxylation is 2. The monoisotopic (exact) mass is 405 g/mol. The number of rotatable bonds is 3. The minimum Gasteiger partial charge on any atom is -0.347 e. The molecule has 0 bridgehead atoms. The van der Waals surface area contributed by atoms with Gasteiger partial charge in [-0.25, -0.2) is 4.68 Å². The second kappa shape index (κ2) is 6.83. The summed E-state index contributed by atoms with van der Waals surface area (Å²) in [5.74, 6) is 0.661. The summed E-state index contributed by atoms with van der Waals surface area (Å²) in [6.07, 6.45) is 1.85. The van der Waals surface area contributed by atoms with Gasteiger partial charge in [0.05, 0.1) is 6.54 Å². The summed E-state index contributed by atoms with van der Waals surface area (Å²) in [7, 11) is 1.85. The first-order valence-electron chi connectivity index (χ1n) is 10.1. The topological polar surface area (TPSA) is 82.1 Å². The van der Waals surface area contributed by atoms with Crippen molar-refractivity contribution in [1.29, 1.82) is 0 Å². The zero-order chi connectivity index (χ0) is 21.0. The molecule has 2 atom stereocenters. The second-order valence-corrected chi connectivity index (χ2v) is 8.30. The molecule has 3 aromatic rings. The first-order chi connectivity index (χ1) is 14.4. The van der Waals surface area contributed by atoms with E-state index in [1.807, 2.05) is 66.0 Å². The Morgan fingerprint density at radius 2 is 1.83 bits per heavy atom. The molecule has 2 aromatic heterocycles. The van der Waals surface area contributed by atoms with E-state index in [9.17, 15) is 14.4 Å². The molecule has 30 heavy (non-hydrogen) atoms. The van der Waals surface area contributed by atoms with Crippen LogP contribution in [0.4, 0.5) is 0 Å². The largest absolute Gasteiger partial charge is 0.347 e. The Bertz CT molecular complexity index is 1250. The Hall–Kier alpha value is -3.42. The van der Waals surface area contributed by atoms with Gasteiger partial charge in [-0.2, -0.15) is 5.10 Å². The van der Waals surface area contributed by atoms with Crippen LogP contribution in [0.5, 0.6) is 0 Å². The van der Waals surface area contributed by atoms with Crippen molar-refractivity contribution in [1.82, 2.24) is 23.8 Å². The standard InChI is InChI=1S/C22H23N5O3/c1-14-5-7-15(8-6-14)10-27-22(30)21(29)26-12-16-11-25(13-17(16)19(26)23-27)20(28)18-4-3-9-24(18)2/h3-9,16-17H,10-13H2,1-2H3/t16-,17+/m1/s1. The van der Waals surface area contributed by atoms with Crippen molar-refractivity contribution in [3.8, 4) is 0 Å². The maximum atomic E-state index is 12.9. The smallest absolute Gasteiger partial charge is 0.332 e. The molecule has 0 radical (unpaired) electrons. The van der Waals surface area contributed by atoms with Crippen LogP contribution in [0.2, 0.25) is 0 Å². The van der Waals surface area contributed by atoms with Crippen molar-refractivity contribution in [2.75, 3.05) is 13.1 Å². The van der Waals surface area contributed by atoms with E-state index in [1.54, 1.807) is 0 Å². The molecule has 2 aliphatic rings. The number of hydrogen-bond acceptors (Lipinski definition) is 4. The number of benzene rings is 1. The highest BCUT2D eigenvalue weighted by molar-refractivity contribution is 5.93. The molecular formula is C22H23N5O3. The van der Waals surface area contributed by atoms with Crippen LogP contribution in [0.1, 0.15) is 33.4 Å². The number of amides is 1. The molecular weight excluding hydrogens is 382 g/mol. The van der Waals surface area contributed by atoms with Crippen molar-refractivity contribution in [3.63, 3.8) is 0 Å². The van der Waals surface area contributed by atoms with Crippen molar-refractivity contribution >= 4 is 5.91 Å². The normalized spacial score (nSPS) is 19.7. The molecule has 5 rings (SSSR count). The summed E-state index contributed by atoms with van der Waals surface area (Å²) in [5.41, 5.74) is 1.56. The van der Waals surface area contributed by atoms with Crippen LogP contribution in [-0.2, 0) is 20.1 Å². The molecule has 8 nitrogen and oxygen atoms in total. The number of fused-ring (bicyclic) bond motifs is 3. The summed E-state index contributed by atoms with van der Waals surface area (Å²) < 4.78 is 4.59. The Morgan fingerprint density at radius 1 is 1.07 bits per heavy atom. The van der Waals surface area contributed by atoms with E-state index in [0.717, 1.165) is 11.1 Å². The minimum absolute atomic E-state index is 0.0150. The van der Waals surface area contributed by atoms with Crippen LogP contribution in [0.3, 0.4) is 0 Å². The van der Waals surface area contributed by atoms with Crippen LogP contribution in [0.25, 0.3) is 0 Å². The zero-order valence-electron chi connectivity index (χ0n) is 17.0. The van der Waals surface area contributed by atoms with Gasteiger partial charge in [-0.1, -0.05) is 29.8 Å². The highest BCUT2D eigenvalue weighted by Gasteiger charge is 2.44. The molecule has 154 valence electrons. The average molecular weight is 405 g/mol. The van der Waals surface area contributed by atoms with Gasteiger partial charge in [0.15, 0.2) is 0 Å². The Kier molecular flexibility index (Phi) is 4.23. The van der Waals surface area contributed by atoms with E-state index in [0.29, 0.717) is 31.2 Å². The van der Waals surface area contributed by atoms with E-state index in [1.165, 1.54) is 9.25 Å². The lowest BCUT2D eigenvalue weighted by Gasteiger charge is -2.18. The number of hydrogen-bond donors (Lipinski definition) is 0. The van der Waals surface area contributed by atoms with E-state index in [2.05, 4.69) is 5.10 Å². The lowest BCUT2D eigenvalue weighted by molar-refractivity contribution is 0.0773. The quantitative estimate of drug-likeness (QED) is 0.608. The number of nitrogens with zero attached hydrogens (tertiary/aromatic N) is 5. The first-order valence-corrected chi connectivity index (χ1v) is 10.1. The third-order valence-electron chi connectivity index (χ3n) is 6.26. The van der Waals surface area contributed by atoms with Gasteiger partial charge in [0.2, 0.25) is 0 Å². The molecule has 2 aliphatic heterocycles. The number of carbonyl (C=O) groups excluding carboxylic acids is 1. The molecule has 0 saturated carbocycles. The fraction of sp³-hybridized carbons (Fsp3) is 0.364. The first kappa shape index (κ1) is 18.6. The lowest BCUT2D eigenvalue weighted by Crippen LogP contribution is -2.44. The fourth-order valence-corrected chi connectivity index (χ4v) is 4.57. The number of likely N-dealkylation sites (tertiary alicyclic amines) is 1. The Balaban J connectivity index is 1.45. The molecule has 0 aliphatic carbocycles. The van der Waals surface area contributed by atoms with Gasteiger partial charge in [-0.15, -0.1) is 0 Å². The Labute approximate surface area is 173 Å². The summed E-state index contributed by atoms with van der Waals surface area (Å²) in [6, 6.07) is 11.5. The van der Waals surface area contributed by atoms with E-state index < -0.39 is 11.1 Å². The predicted molar refractivity (Wildman–Crippen MR) is 111 cm³/mol. The van der Waals surface area contributed by atoms with E-state index >= 15 is 0 Å². The van der Waals surface area contributed by atoms with Gasteiger partial charge in [-0.05, 0) is 24.6 Å². The van der Waals surface area contributed by atoms with Crippen LogP contribution < -0.4 is 11.1 Å². The molecule has 1 aromatic carbocycles. The number of aromatic nitrogens is 4. The van der Waals surface area contributed by atoms with Crippen LogP contribution in [0.15, 0.2) is 52.2 Å². The van der Waals surface area contributed by atoms with Gasteiger partial charge >= 0.3 is 11.1 Å². The molecule has 0 N–H and O–H groups in total. The van der Waals surface area contributed by atoms with E-state index in [4.69, 9.17) is 0 Å². The van der Waals surface area contributed by atoms with Gasteiger partial charge in [-0.3, -0.25) is 19.0 Å². The Morgan fingerprint density at radius 3 is 2.53 bits per heavy atom. The van der Waals surface area contributed by atoms with Crippen LogP contribution in [-0.4, -0.2) is 42.8 Å². The third kappa shape index (κ3) is 2.91. The van der Waals surface area contributed by atoms with Gasteiger partial charge in [0, 0.05) is 44.7 Å². The molecule has 1 amide bonds. The van der Waals surface area contributed by atoms with Gasteiger partial charge in [0.25, 0.3) is 5.91 Å². The molecule has 0 unspecified atom stereocenters. The predicted octanol–water partition coefficient (Wildman–Crippen LogP) is 0.970. The van der Waals surface area contributed by atoms with Crippen molar-refractivity contribution in [3.05, 3.63) is 85.9 Å².